The number of benzene rings is 1. The summed E-state index contributed by atoms with van der Waals surface area (Å²) in [6.45, 7) is 6.26. The van der Waals surface area contributed by atoms with Gasteiger partial charge >= 0.3 is 5.97 Å². The molecule has 0 spiro atoms. The number of aryl methyl sites for hydroxylation is 1. The summed E-state index contributed by atoms with van der Waals surface area (Å²) in [6, 6.07) is 9.50. The van der Waals surface area contributed by atoms with Crippen LogP contribution in [0.25, 0.3) is 0 Å². The maximum absolute atomic E-state index is 12.8. The molecule has 27 heavy (non-hydrogen) atoms. The Morgan fingerprint density at radius 1 is 1.19 bits per heavy atom. The van der Waals surface area contributed by atoms with Gasteiger partial charge in [0.2, 0.25) is 0 Å². The van der Waals surface area contributed by atoms with Crippen molar-refractivity contribution in [2.45, 2.75) is 52.6 Å². The van der Waals surface area contributed by atoms with Crippen LogP contribution in [0.3, 0.4) is 0 Å². The lowest BCUT2D eigenvalue weighted by molar-refractivity contribution is -0.139. The van der Waals surface area contributed by atoms with Gasteiger partial charge in [0.15, 0.2) is 0 Å². The summed E-state index contributed by atoms with van der Waals surface area (Å²) in [5, 5.41) is 12.0. The van der Waals surface area contributed by atoms with Gasteiger partial charge in [-0.1, -0.05) is 43.7 Å². The minimum absolute atomic E-state index is 0.0199. The zero-order valence-corrected chi connectivity index (χ0v) is 16.0. The van der Waals surface area contributed by atoms with Crippen molar-refractivity contribution in [3.8, 4) is 0 Å². The van der Waals surface area contributed by atoms with Gasteiger partial charge in [0.1, 0.15) is 11.6 Å². The first-order valence-electron chi connectivity index (χ1n) is 9.13. The van der Waals surface area contributed by atoms with Gasteiger partial charge in [-0.15, -0.1) is 0 Å². The number of carboxylic acid groups (broad SMARTS) is 1. The van der Waals surface area contributed by atoms with Crippen molar-refractivity contribution >= 4 is 11.9 Å². The molecule has 1 amide bonds. The molecule has 1 atom stereocenters. The van der Waals surface area contributed by atoms with E-state index in [0.717, 1.165) is 29.7 Å². The minimum atomic E-state index is -1.14. The second kappa shape index (κ2) is 9.16. The van der Waals surface area contributed by atoms with Crippen LogP contribution in [0.15, 0.2) is 41.2 Å². The number of aliphatic carboxylic acids is 1. The van der Waals surface area contributed by atoms with Gasteiger partial charge in [0.05, 0.1) is 0 Å². The molecule has 144 valence electrons. The fourth-order valence-corrected chi connectivity index (χ4v) is 2.93. The first-order chi connectivity index (χ1) is 12.8. The Morgan fingerprint density at radius 3 is 2.44 bits per heavy atom. The van der Waals surface area contributed by atoms with Crippen molar-refractivity contribution in [2.24, 2.45) is 0 Å². The Bertz CT molecular complexity index is 872. The van der Waals surface area contributed by atoms with Crippen LogP contribution in [0.4, 0.5) is 0 Å². The number of rotatable bonds is 8. The Labute approximate surface area is 158 Å². The summed E-state index contributed by atoms with van der Waals surface area (Å²) < 4.78 is 1.60. The summed E-state index contributed by atoms with van der Waals surface area (Å²) in [6.07, 6.45) is 1.91. The molecular weight excluding hydrogens is 344 g/mol. The molecule has 2 N–H and O–H groups in total. The lowest BCUT2D eigenvalue weighted by atomic mass is 10.1. The highest BCUT2D eigenvalue weighted by atomic mass is 16.4. The molecule has 0 fully saturated rings. The van der Waals surface area contributed by atoms with Gasteiger partial charge < -0.3 is 15.0 Å². The van der Waals surface area contributed by atoms with Crippen molar-refractivity contribution in [1.82, 2.24) is 9.88 Å². The summed E-state index contributed by atoms with van der Waals surface area (Å²) >= 11 is 0. The molecule has 0 radical (unpaired) electrons. The topological polar surface area (TPSA) is 88.4 Å². The summed E-state index contributed by atoms with van der Waals surface area (Å²) in [5.41, 5.74) is 2.04. The van der Waals surface area contributed by atoms with E-state index < -0.39 is 17.9 Å². The predicted molar refractivity (Wildman–Crippen MR) is 104 cm³/mol. The first-order valence-corrected chi connectivity index (χ1v) is 9.13. The number of carbonyl (C=O) groups is 2. The third-order valence-electron chi connectivity index (χ3n) is 4.68. The van der Waals surface area contributed by atoms with E-state index in [-0.39, 0.29) is 17.5 Å². The van der Waals surface area contributed by atoms with E-state index in [9.17, 15) is 19.5 Å². The summed E-state index contributed by atoms with van der Waals surface area (Å²) in [5.74, 6) is -1.79. The third kappa shape index (κ3) is 5.06. The van der Waals surface area contributed by atoms with E-state index in [2.05, 4.69) is 5.32 Å². The highest BCUT2D eigenvalue weighted by molar-refractivity contribution is 5.96. The standard InChI is InChI=1S/C21H26N2O4/c1-4-5-11-23-15(3)14(2)12-17(20(23)25)19(24)22-18(21(26)27)13-16-9-7-6-8-10-16/h6-10,12,18H,4-5,11,13H2,1-3H3,(H,22,24)(H,26,27). The zero-order chi connectivity index (χ0) is 20.0. The van der Waals surface area contributed by atoms with E-state index in [4.69, 9.17) is 0 Å². The molecular formula is C21H26N2O4. The maximum atomic E-state index is 12.8. The van der Waals surface area contributed by atoms with Gasteiger partial charge in [0, 0.05) is 18.7 Å². The van der Waals surface area contributed by atoms with E-state index in [1.165, 1.54) is 6.07 Å². The largest absolute Gasteiger partial charge is 0.480 e. The summed E-state index contributed by atoms with van der Waals surface area (Å²) in [7, 11) is 0. The maximum Gasteiger partial charge on any atom is 0.326 e. The average molecular weight is 370 g/mol. The molecule has 0 saturated carbocycles. The smallest absolute Gasteiger partial charge is 0.326 e. The van der Waals surface area contributed by atoms with Crippen molar-refractivity contribution in [1.29, 1.82) is 0 Å². The molecule has 6 heteroatoms. The van der Waals surface area contributed by atoms with Crippen LogP contribution in [0, 0.1) is 13.8 Å². The van der Waals surface area contributed by atoms with Gasteiger partial charge in [-0.3, -0.25) is 9.59 Å². The number of hydrogen-bond acceptors (Lipinski definition) is 3. The molecule has 1 aromatic carbocycles. The lowest BCUT2D eigenvalue weighted by Crippen LogP contribution is -2.44. The van der Waals surface area contributed by atoms with Crippen LogP contribution in [0.2, 0.25) is 0 Å². The van der Waals surface area contributed by atoms with E-state index in [1.807, 2.05) is 39.0 Å². The zero-order valence-electron chi connectivity index (χ0n) is 16.0. The van der Waals surface area contributed by atoms with Crippen LogP contribution < -0.4 is 10.9 Å². The number of aromatic nitrogens is 1. The molecule has 0 aliphatic carbocycles. The van der Waals surface area contributed by atoms with Crippen molar-refractivity contribution in [3.63, 3.8) is 0 Å². The monoisotopic (exact) mass is 370 g/mol. The fourth-order valence-electron chi connectivity index (χ4n) is 2.93. The Balaban J connectivity index is 2.29. The molecule has 1 heterocycles. The Morgan fingerprint density at radius 2 is 1.85 bits per heavy atom. The number of amides is 1. The van der Waals surface area contributed by atoms with E-state index in [1.54, 1.807) is 16.7 Å². The normalized spacial score (nSPS) is 11.8. The summed E-state index contributed by atoms with van der Waals surface area (Å²) in [4.78, 5) is 37.0. The van der Waals surface area contributed by atoms with E-state index >= 15 is 0 Å². The molecule has 0 bridgehead atoms. The van der Waals surface area contributed by atoms with Crippen LogP contribution >= 0.6 is 0 Å². The van der Waals surface area contributed by atoms with E-state index in [0.29, 0.717) is 6.54 Å². The van der Waals surface area contributed by atoms with Crippen LogP contribution in [-0.4, -0.2) is 27.6 Å². The van der Waals surface area contributed by atoms with Gasteiger partial charge in [-0.25, -0.2) is 4.79 Å². The molecule has 0 aliphatic heterocycles. The second-order valence-electron chi connectivity index (χ2n) is 6.69. The molecule has 1 aromatic heterocycles. The number of carbonyl (C=O) groups excluding carboxylic acids is 1. The van der Waals surface area contributed by atoms with Gasteiger partial charge in [-0.05, 0) is 37.5 Å². The van der Waals surface area contributed by atoms with Crippen LogP contribution in [0.5, 0.6) is 0 Å². The number of hydrogen-bond donors (Lipinski definition) is 2. The van der Waals surface area contributed by atoms with Crippen LogP contribution in [0.1, 0.15) is 46.9 Å². The van der Waals surface area contributed by atoms with Gasteiger partial charge in [0.25, 0.3) is 11.5 Å². The SMILES string of the molecule is CCCCn1c(C)c(C)cc(C(=O)NC(Cc2ccccc2)C(=O)O)c1=O. The third-order valence-corrected chi connectivity index (χ3v) is 4.68. The van der Waals surface area contributed by atoms with Crippen molar-refractivity contribution < 1.29 is 14.7 Å². The Hall–Kier alpha value is -2.89. The van der Waals surface area contributed by atoms with Crippen molar-refractivity contribution in [3.05, 3.63) is 69.1 Å². The molecule has 0 saturated heterocycles. The number of unbranched alkanes of at least 4 members (excludes halogenated alkanes) is 1. The predicted octanol–water partition coefficient (Wildman–Crippen LogP) is 2.69. The molecule has 0 aliphatic rings. The highest BCUT2D eigenvalue weighted by Crippen LogP contribution is 2.09. The number of pyridine rings is 1. The quantitative estimate of drug-likeness (QED) is 0.748. The number of carboxylic acids is 1. The number of nitrogens with zero attached hydrogens (tertiary/aromatic N) is 1. The van der Waals surface area contributed by atoms with Gasteiger partial charge in [-0.2, -0.15) is 0 Å². The lowest BCUT2D eigenvalue weighted by Gasteiger charge is -2.17. The molecule has 2 rings (SSSR count). The number of nitrogens with one attached hydrogen (secondary N) is 1. The first kappa shape index (κ1) is 20.4. The van der Waals surface area contributed by atoms with Crippen molar-refractivity contribution in [2.75, 3.05) is 0 Å². The minimum Gasteiger partial charge on any atom is -0.480 e. The van der Waals surface area contributed by atoms with Crippen LogP contribution in [-0.2, 0) is 17.8 Å². The molecule has 1 unspecified atom stereocenters. The fraction of sp³-hybridized carbons (Fsp3) is 0.381. The molecule has 6 nitrogen and oxygen atoms in total. The second-order valence-corrected chi connectivity index (χ2v) is 6.69. The highest BCUT2D eigenvalue weighted by Gasteiger charge is 2.23. The Kier molecular flexibility index (Phi) is 6.93. The molecule has 2 aromatic rings. The average Bonchev–Trinajstić information content (AvgIpc) is 2.64.